The number of H-pyrrole nitrogens is 2. The Hall–Kier alpha value is -5.14. The van der Waals surface area contributed by atoms with E-state index in [9.17, 15) is 0 Å². The molecule has 14 nitrogen and oxygen atoms in total. The molecule has 4 rings (SSSR count). The fourth-order valence-electron chi connectivity index (χ4n) is 2.93. The first-order valence-electron chi connectivity index (χ1n) is 9.27. The van der Waals surface area contributed by atoms with E-state index < -0.39 is 10.2 Å². The molecule has 3 aromatic heterocycles. The van der Waals surface area contributed by atoms with E-state index in [1.165, 1.54) is 0 Å². The van der Waals surface area contributed by atoms with Crippen molar-refractivity contribution in [1.82, 2.24) is 9.97 Å². The predicted molar refractivity (Wildman–Crippen MR) is 117 cm³/mol. The summed E-state index contributed by atoms with van der Waals surface area (Å²) < 4.78 is 11.0. The highest BCUT2D eigenvalue weighted by Gasteiger charge is 2.30. The van der Waals surface area contributed by atoms with Gasteiger partial charge in [0.25, 0.3) is 0 Å². The lowest BCUT2D eigenvalue weighted by molar-refractivity contribution is -0.403. The van der Waals surface area contributed by atoms with E-state index in [1.54, 1.807) is 26.6 Å². The molecule has 1 aromatic carbocycles. The molecule has 0 fully saturated rings. The normalized spacial score (nSPS) is 9.59. The molecular weight excluding hydrogens is 452 g/mol. The largest absolute Gasteiger partial charge is 0.490 e. The maximum absolute atomic E-state index is 8.25. The summed E-state index contributed by atoms with van der Waals surface area (Å²) in [6, 6.07) is 15.3. The van der Waals surface area contributed by atoms with Gasteiger partial charge in [0, 0.05) is 12.4 Å². The molecule has 0 aliphatic rings. The molecule has 0 radical (unpaired) electrons. The Kier molecular flexibility index (Phi) is 8.90. The molecule has 0 amide bonds. The fraction of sp³-hybridized carbons (Fsp3) is 0.100. The molecule has 0 saturated heterocycles. The number of fused-ring (bicyclic) bond motifs is 1. The molecule has 0 unspecified atom stereocenters. The minimum absolute atomic E-state index is 0.710. The van der Waals surface area contributed by atoms with Crippen molar-refractivity contribution < 1.29 is 29.6 Å². The third-order valence-corrected chi connectivity index (χ3v) is 4.16. The summed E-state index contributed by atoms with van der Waals surface area (Å²) in [6.45, 7) is 0. The molecule has 0 aliphatic heterocycles. The quantitative estimate of drug-likeness (QED) is 0.313. The van der Waals surface area contributed by atoms with Crippen LogP contribution in [0.2, 0.25) is 0 Å². The Balaban J connectivity index is 0.000000446. The van der Waals surface area contributed by atoms with Crippen molar-refractivity contribution >= 4 is 11.0 Å². The Morgan fingerprint density at radius 2 is 1.03 bits per heavy atom. The smallest absolute Gasteiger partial charge is 0.322 e. The van der Waals surface area contributed by atoms with Crippen molar-refractivity contribution in [3.8, 4) is 34.3 Å². The summed E-state index contributed by atoms with van der Waals surface area (Å²) in [5.41, 5.74) is 4.85. The Morgan fingerprint density at radius 1 is 0.676 bits per heavy atom. The molecule has 0 spiro atoms. The van der Waals surface area contributed by atoms with E-state index in [2.05, 4.69) is 19.9 Å². The van der Waals surface area contributed by atoms with Crippen LogP contribution in [0.1, 0.15) is 0 Å². The van der Waals surface area contributed by atoms with Gasteiger partial charge < -0.3 is 40.1 Å². The Labute approximate surface area is 191 Å². The standard InChI is InChI=1S/C20H16N4O2.2NO3/c1-25-15-9-10-16(26-2)20-19(15)23-17(13-7-3-5-11-21-13)18(24-20)14-8-4-6-12-22-14;2*2-1(3)4/h3-12H,1-2H3;;/q;2*-1/p+2. The van der Waals surface area contributed by atoms with Gasteiger partial charge in [0.1, 0.15) is 11.4 Å². The molecule has 34 heavy (non-hydrogen) atoms. The second-order valence-corrected chi connectivity index (χ2v) is 6.10. The van der Waals surface area contributed by atoms with Crippen LogP contribution in [0.5, 0.6) is 11.5 Å². The molecule has 14 heteroatoms. The third kappa shape index (κ3) is 6.68. The van der Waals surface area contributed by atoms with Crippen LogP contribution in [0.3, 0.4) is 0 Å². The first-order chi connectivity index (χ1) is 16.3. The highest BCUT2D eigenvalue weighted by Crippen LogP contribution is 2.30. The van der Waals surface area contributed by atoms with Gasteiger partial charge in [0.2, 0.25) is 0 Å². The summed E-state index contributed by atoms with van der Waals surface area (Å²) in [6.07, 6.45) is 3.52. The monoisotopic (exact) mass is 470 g/mol. The van der Waals surface area contributed by atoms with E-state index in [4.69, 9.17) is 40.1 Å². The average Bonchev–Trinajstić information content (AvgIpc) is 2.83. The first kappa shape index (κ1) is 25.1. The number of ether oxygens (including phenoxy) is 2. The first-order valence-corrected chi connectivity index (χ1v) is 9.27. The minimum atomic E-state index is -1.75. The van der Waals surface area contributed by atoms with Gasteiger partial charge in [-0.2, -0.15) is 9.97 Å². The second kappa shape index (κ2) is 12.0. The van der Waals surface area contributed by atoms with Crippen molar-refractivity contribution in [2.75, 3.05) is 14.2 Å². The lowest BCUT2D eigenvalue weighted by atomic mass is 10.1. The summed E-state index contributed by atoms with van der Waals surface area (Å²) in [4.78, 5) is 32.4. The fourth-order valence-corrected chi connectivity index (χ4v) is 2.93. The van der Waals surface area contributed by atoms with Crippen LogP contribution in [0.4, 0.5) is 0 Å². The van der Waals surface area contributed by atoms with E-state index in [0.29, 0.717) is 11.5 Å². The summed E-state index contributed by atoms with van der Waals surface area (Å²) in [5, 5.41) is 29.5. The number of rotatable bonds is 4. The molecule has 176 valence electrons. The Morgan fingerprint density at radius 3 is 1.29 bits per heavy atom. The number of nitrogens with one attached hydrogen (secondary N) is 2. The molecule has 0 aliphatic carbocycles. The molecule has 2 N–H and O–H groups in total. The number of hydrogen-bond acceptors (Lipinski definition) is 10. The van der Waals surface area contributed by atoms with E-state index in [1.807, 2.05) is 48.5 Å². The Bertz CT molecular complexity index is 1150. The zero-order chi connectivity index (χ0) is 25.1. The second-order valence-electron chi connectivity index (χ2n) is 6.10. The molecule has 3 heterocycles. The number of benzene rings is 1. The van der Waals surface area contributed by atoms with E-state index >= 15 is 0 Å². The van der Waals surface area contributed by atoms with Gasteiger partial charge in [0.15, 0.2) is 11.5 Å². The van der Waals surface area contributed by atoms with Crippen LogP contribution >= 0.6 is 0 Å². The van der Waals surface area contributed by atoms with Gasteiger partial charge in [-0.15, -0.1) is 0 Å². The van der Waals surface area contributed by atoms with Gasteiger partial charge in [0.05, 0.1) is 24.4 Å². The summed E-state index contributed by atoms with van der Waals surface area (Å²) in [7, 11) is 3.28. The number of hydrogen-bond donors (Lipinski definition) is 0. The van der Waals surface area contributed by atoms with Gasteiger partial charge in [-0.25, -0.2) is 9.97 Å². The van der Waals surface area contributed by atoms with E-state index in [-0.39, 0.29) is 0 Å². The number of methoxy groups -OCH3 is 2. The maximum Gasteiger partial charge on any atom is 0.322 e. The van der Waals surface area contributed by atoms with Crippen LogP contribution in [-0.4, -0.2) is 34.4 Å². The van der Waals surface area contributed by atoms with Crippen LogP contribution in [0.15, 0.2) is 60.9 Å². The zero-order valence-electron chi connectivity index (χ0n) is 17.8. The van der Waals surface area contributed by atoms with Crippen LogP contribution < -0.4 is 19.4 Å². The maximum atomic E-state index is 8.25. The topological polar surface area (TPSA) is 205 Å². The molecule has 0 atom stereocenters. The van der Waals surface area contributed by atoms with Crippen LogP contribution in [0, 0.1) is 30.6 Å². The van der Waals surface area contributed by atoms with Crippen LogP contribution in [0.25, 0.3) is 33.8 Å². The van der Waals surface area contributed by atoms with Gasteiger partial charge in [-0.3, -0.25) is 0 Å². The van der Waals surface area contributed by atoms with Crippen molar-refractivity contribution in [3.05, 3.63) is 91.6 Å². The molecular formula is C20H18N6O8. The molecule has 0 bridgehead atoms. The highest BCUT2D eigenvalue weighted by molar-refractivity contribution is 5.83. The van der Waals surface area contributed by atoms with Crippen molar-refractivity contribution in [1.29, 1.82) is 0 Å². The third-order valence-electron chi connectivity index (χ3n) is 4.16. The predicted octanol–water partition coefficient (Wildman–Crippen LogP) is 2.13. The number of pyridine rings is 2. The lowest BCUT2D eigenvalue weighted by Gasteiger charge is -2.05. The average molecular weight is 470 g/mol. The lowest BCUT2D eigenvalue weighted by Crippen LogP contribution is -2.23. The van der Waals surface area contributed by atoms with Gasteiger partial charge in [-0.05, 0) is 36.4 Å². The zero-order valence-corrected chi connectivity index (χ0v) is 17.8. The number of aromatic nitrogens is 4. The minimum Gasteiger partial charge on any atom is -0.490 e. The summed E-state index contributed by atoms with van der Waals surface area (Å²) >= 11 is 0. The van der Waals surface area contributed by atoms with Crippen molar-refractivity contribution in [3.63, 3.8) is 0 Å². The van der Waals surface area contributed by atoms with Crippen molar-refractivity contribution in [2.45, 2.75) is 0 Å². The number of nitrogens with zero attached hydrogens (tertiary/aromatic N) is 4. The van der Waals surface area contributed by atoms with Gasteiger partial charge in [-0.1, -0.05) is 12.1 Å². The summed E-state index contributed by atoms with van der Waals surface area (Å²) in [5.74, 6) is 1.42. The number of aromatic amines is 2. The molecule has 0 saturated carbocycles. The van der Waals surface area contributed by atoms with Crippen molar-refractivity contribution in [2.24, 2.45) is 0 Å². The molecule has 4 aromatic rings. The van der Waals surface area contributed by atoms with Crippen LogP contribution in [-0.2, 0) is 0 Å². The highest BCUT2D eigenvalue weighted by atomic mass is 16.9. The van der Waals surface area contributed by atoms with Gasteiger partial charge >= 0.3 is 22.4 Å². The van der Waals surface area contributed by atoms with E-state index in [0.717, 1.165) is 33.8 Å². The SMILES string of the molecule is COc1ccc(OC)c2[nH+]c(-c3ccccn3)c(-c3ccccn3)[nH+]c12.O=[N+]([O-])[O-].O=[N+]([O-])[O-].